The number of aryl methyl sites for hydroxylation is 1. The first-order valence-electron chi connectivity index (χ1n) is 10.7. The lowest BCUT2D eigenvalue weighted by molar-refractivity contribution is -0.136. The van der Waals surface area contributed by atoms with E-state index in [1.165, 1.54) is 6.07 Å². The topological polar surface area (TPSA) is 62.5 Å². The fourth-order valence-corrected chi connectivity index (χ4v) is 4.23. The number of amides is 1. The number of carbonyl (C=O) groups is 1. The van der Waals surface area contributed by atoms with E-state index in [9.17, 15) is 9.18 Å². The molecular weight excluding hydrogens is 431 g/mol. The summed E-state index contributed by atoms with van der Waals surface area (Å²) in [5.74, 6) is 0.652. The molecule has 0 N–H and O–H groups in total. The molecule has 1 saturated heterocycles. The number of rotatable bonds is 6. The summed E-state index contributed by atoms with van der Waals surface area (Å²) in [5, 5.41) is 4.46. The van der Waals surface area contributed by atoms with Crippen molar-refractivity contribution in [2.75, 3.05) is 20.1 Å². The number of hydrogen-bond acceptors (Lipinski definition) is 5. The smallest absolute Gasteiger partial charge is 0.246 e. The fraction of sp³-hybridized carbons (Fsp3) is 0.375. The van der Waals surface area contributed by atoms with Crippen LogP contribution in [0.25, 0.3) is 11.4 Å². The van der Waals surface area contributed by atoms with Gasteiger partial charge >= 0.3 is 0 Å². The highest BCUT2D eigenvalue weighted by molar-refractivity contribution is 6.30. The van der Waals surface area contributed by atoms with Gasteiger partial charge in [-0.25, -0.2) is 4.39 Å². The lowest BCUT2D eigenvalue weighted by Crippen LogP contribution is -2.40. The van der Waals surface area contributed by atoms with Crippen LogP contribution < -0.4 is 0 Å². The molecule has 32 heavy (non-hydrogen) atoms. The Bertz CT molecular complexity index is 1100. The van der Waals surface area contributed by atoms with E-state index < -0.39 is 0 Å². The molecule has 1 amide bonds. The number of nitrogens with zero attached hydrogens (tertiary/aromatic N) is 4. The molecule has 0 aliphatic carbocycles. The molecule has 4 rings (SSSR count). The van der Waals surface area contributed by atoms with E-state index in [1.54, 1.807) is 24.1 Å². The first kappa shape index (κ1) is 22.4. The third kappa shape index (κ3) is 5.16. The van der Waals surface area contributed by atoms with Crippen LogP contribution >= 0.6 is 11.6 Å². The maximum absolute atomic E-state index is 14.1. The van der Waals surface area contributed by atoms with Crippen molar-refractivity contribution < 1.29 is 13.7 Å². The van der Waals surface area contributed by atoms with Gasteiger partial charge in [0, 0.05) is 35.7 Å². The minimum Gasteiger partial charge on any atom is -0.337 e. The third-order valence-electron chi connectivity index (χ3n) is 5.95. The Balaban J connectivity index is 1.30. The highest BCUT2D eigenvalue weighted by Gasteiger charge is 2.28. The van der Waals surface area contributed by atoms with E-state index in [0.717, 1.165) is 37.1 Å². The molecule has 0 unspecified atom stereocenters. The summed E-state index contributed by atoms with van der Waals surface area (Å²) < 4.78 is 19.4. The second kappa shape index (κ2) is 9.79. The lowest BCUT2D eigenvalue weighted by atomic mass is 9.95. The van der Waals surface area contributed by atoms with Gasteiger partial charge in [-0.3, -0.25) is 9.69 Å². The minimum atomic E-state index is -0.292. The van der Waals surface area contributed by atoms with Crippen LogP contribution in [0.4, 0.5) is 4.39 Å². The van der Waals surface area contributed by atoms with Crippen molar-refractivity contribution >= 4 is 17.5 Å². The van der Waals surface area contributed by atoms with Crippen molar-refractivity contribution in [1.29, 1.82) is 0 Å². The van der Waals surface area contributed by atoms with E-state index in [1.807, 2.05) is 31.2 Å². The fourth-order valence-electron chi connectivity index (χ4n) is 4.07. The molecule has 0 bridgehead atoms. The summed E-state index contributed by atoms with van der Waals surface area (Å²) in [4.78, 5) is 21.2. The molecule has 1 fully saturated rings. The van der Waals surface area contributed by atoms with Crippen LogP contribution in [-0.2, 0) is 17.9 Å². The minimum absolute atomic E-state index is 0.0647. The van der Waals surface area contributed by atoms with Crippen LogP contribution in [0.15, 0.2) is 47.0 Å². The molecule has 2 aromatic carbocycles. The Labute approximate surface area is 192 Å². The first-order valence-corrected chi connectivity index (χ1v) is 11.1. The predicted octanol–water partition coefficient (Wildman–Crippen LogP) is 4.71. The second-order valence-corrected chi connectivity index (χ2v) is 8.74. The quantitative estimate of drug-likeness (QED) is 0.537. The van der Waals surface area contributed by atoms with Crippen LogP contribution in [0.3, 0.4) is 0 Å². The summed E-state index contributed by atoms with van der Waals surface area (Å²) in [7, 11) is 1.76. The zero-order chi connectivity index (χ0) is 22.7. The number of aromatic nitrogens is 2. The molecule has 6 nitrogen and oxygen atoms in total. The second-order valence-electron chi connectivity index (χ2n) is 8.31. The molecule has 3 aromatic rings. The van der Waals surface area contributed by atoms with Gasteiger partial charge in [-0.2, -0.15) is 4.98 Å². The molecule has 2 heterocycles. The molecule has 8 heteroatoms. The molecule has 1 aliphatic rings. The monoisotopic (exact) mass is 456 g/mol. The lowest BCUT2D eigenvalue weighted by Gasteiger charge is -2.33. The van der Waals surface area contributed by atoms with Gasteiger partial charge in [0.2, 0.25) is 17.6 Å². The number of carbonyl (C=O) groups excluding carboxylic acids is 1. The van der Waals surface area contributed by atoms with Crippen molar-refractivity contribution in [2.24, 2.45) is 5.92 Å². The Morgan fingerprint density at radius 2 is 2.00 bits per heavy atom. The Morgan fingerprint density at radius 3 is 2.72 bits per heavy atom. The highest BCUT2D eigenvalue weighted by Crippen LogP contribution is 2.24. The molecule has 0 radical (unpaired) electrons. The van der Waals surface area contributed by atoms with Crippen molar-refractivity contribution in [2.45, 2.75) is 32.9 Å². The summed E-state index contributed by atoms with van der Waals surface area (Å²) in [6.45, 7) is 4.26. The molecular formula is C24H26ClFN4O2. The Kier molecular flexibility index (Phi) is 6.86. The number of likely N-dealkylation sites (tertiary alicyclic amines) is 1. The van der Waals surface area contributed by atoms with Crippen LogP contribution in [0, 0.1) is 18.7 Å². The van der Waals surface area contributed by atoms with Gasteiger partial charge in [-0.15, -0.1) is 0 Å². The predicted molar refractivity (Wildman–Crippen MR) is 120 cm³/mol. The van der Waals surface area contributed by atoms with Crippen molar-refractivity contribution in [3.05, 3.63) is 70.3 Å². The summed E-state index contributed by atoms with van der Waals surface area (Å²) >= 11 is 5.83. The molecule has 1 aliphatic heterocycles. The van der Waals surface area contributed by atoms with E-state index >= 15 is 0 Å². The van der Waals surface area contributed by atoms with Gasteiger partial charge in [0.25, 0.3) is 0 Å². The zero-order valence-corrected chi connectivity index (χ0v) is 19.0. The van der Waals surface area contributed by atoms with Crippen molar-refractivity contribution in [3.63, 3.8) is 0 Å². The number of piperidine rings is 1. The van der Waals surface area contributed by atoms with Crippen LogP contribution in [0.5, 0.6) is 0 Å². The molecule has 0 spiro atoms. The average molecular weight is 457 g/mol. The summed E-state index contributed by atoms with van der Waals surface area (Å²) in [6.07, 6.45) is 1.47. The largest absolute Gasteiger partial charge is 0.337 e. The van der Waals surface area contributed by atoms with Gasteiger partial charge in [0.05, 0.1) is 6.54 Å². The Morgan fingerprint density at radius 1 is 1.25 bits per heavy atom. The first-order chi connectivity index (χ1) is 15.4. The number of hydrogen-bond donors (Lipinski definition) is 0. The van der Waals surface area contributed by atoms with Gasteiger partial charge in [-0.1, -0.05) is 47.1 Å². The van der Waals surface area contributed by atoms with Gasteiger partial charge in [-0.05, 0) is 50.6 Å². The summed E-state index contributed by atoms with van der Waals surface area (Å²) in [5.41, 5.74) is 2.60. The zero-order valence-electron chi connectivity index (χ0n) is 18.2. The van der Waals surface area contributed by atoms with E-state index in [2.05, 4.69) is 15.0 Å². The molecule has 0 saturated carbocycles. The van der Waals surface area contributed by atoms with E-state index in [4.69, 9.17) is 16.1 Å². The number of halogens is 2. The molecule has 1 aromatic heterocycles. The summed E-state index contributed by atoms with van der Waals surface area (Å²) in [6, 6.07) is 12.6. The number of benzene rings is 2. The van der Waals surface area contributed by atoms with Crippen molar-refractivity contribution in [3.8, 4) is 11.4 Å². The van der Waals surface area contributed by atoms with Gasteiger partial charge < -0.3 is 9.42 Å². The third-order valence-corrected chi connectivity index (χ3v) is 6.18. The van der Waals surface area contributed by atoms with Crippen molar-refractivity contribution in [1.82, 2.24) is 19.9 Å². The van der Waals surface area contributed by atoms with Gasteiger partial charge in [0.15, 0.2) is 0 Å². The Hall–Kier alpha value is -2.77. The van der Waals surface area contributed by atoms with Crippen LogP contribution in [0.1, 0.15) is 29.9 Å². The highest BCUT2D eigenvalue weighted by atomic mass is 35.5. The maximum atomic E-state index is 14.1. The standard InChI is InChI=1S/C24H26ClFN4O2/c1-16-5-3-4-6-20(16)23-27-22(32-28-23)15-29(2)24(31)17-9-11-30(12-10-17)14-18-7-8-19(25)13-21(18)26/h3-8,13,17H,9-12,14-15H2,1-2H3. The molecule has 168 valence electrons. The van der Waals surface area contributed by atoms with Crippen LogP contribution in [-0.4, -0.2) is 46.0 Å². The van der Waals surface area contributed by atoms with E-state index in [0.29, 0.717) is 28.8 Å². The maximum Gasteiger partial charge on any atom is 0.246 e. The average Bonchev–Trinajstić information content (AvgIpc) is 3.24. The SMILES string of the molecule is Cc1ccccc1-c1noc(CN(C)C(=O)C2CCN(Cc3ccc(Cl)cc3F)CC2)n1. The van der Waals surface area contributed by atoms with E-state index in [-0.39, 0.29) is 24.2 Å². The van der Waals surface area contributed by atoms with Gasteiger partial charge in [0.1, 0.15) is 5.82 Å². The molecule has 0 atom stereocenters. The normalized spacial score (nSPS) is 15.1. The van der Waals surface area contributed by atoms with Crippen LogP contribution in [0.2, 0.25) is 5.02 Å².